The van der Waals surface area contributed by atoms with Crippen molar-refractivity contribution in [2.24, 2.45) is 0 Å². The topological polar surface area (TPSA) is 64.2 Å². The van der Waals surface area contributed by atoms with Crippen LogP contribution in [-0.2, 0) is 12.8 Å². The van der Waals surface area contributed by atoms with E-state index < -0.39 is 0 Å². The molecule has 30 heavy (non-hydrogen) atoms. The highest BCUT2D eigenvalue weighted by atomic mass is 32.1. The number of aryl methyl sites for hydroxylation is 2. The van der Waals surface area contributed by atoms with Gasteiger partial charge < -0.3 is 14.5 Å². The lowest BCUT2D eigenvalue weighted by molar-refractivity contribution is 0.276. The number of H-pyrrole nitrogens is 1. The van der Waals surface area contributed by atoms with E-state index in [4.69, 9.17) is 14.5 Å². The van der Waals surface area contributed by atoms with Crippen LogP contribution >= 0.6 is 11.3 Å². The second kappa shape index (κ2) is 9.47. The van der Waals surface area contributed by atoms with Crippen molar-refractivity contribution in [1.82, 2.24) is 9.97 Å². The predicted molar refractivity (Wildman–Crippen MR) is 124 cm³/mol. The molecule has 0 radical (unpaired) electrons. The molecule has 0 fully saturated rings. The molecule has 158 valence electrons. The van der Waals surface area contributed by atoms with E-state index in [2.05, 4.69) is 11.9 Å². The third-order valence-electron chi connectivity index (χ3n) is 5.27. The molecule has 0 unspecified atom stereocenters. The molecule has 0 atom stereocenters. The van der Waals surface area contributed by atoms with Gasteiger partial charge in [0.1, 0.15) is 10.7 Å². The van der Waals surface area contributed by atoms with E-state index in [1.165, 1.54) is 23.3 Å². The van der Waals surface area contributed by atoms with E-state index in [1.54, 1.807) is 11.3 Å². The second-order valence-corrected chi connectivity index (χ2v) is 8.57. The summed E-state index contributed by atoms with van der Waals surface area (Å²) in [6, 6.07) is 5.84. The number of nitrogens with zero attached hydrogens (tertiary/aromatic N) is 1. The Morgan fingerprint density at radius 1 is 1.13 bits per heavy atom. The molecule has 6 heteroatoms. The third-order valence-corrected chi connectivity index (χ3v) is 6.46. The van der Waals surface area contributed by atoms with Gasteiger partial charge in [-0.1, -0.05) is 25.5 Å². The highest BCUT2D eigenvalue weighted by Gasteiger charge is 2.18. The fraction of sp³-hybridized carbons (Fsp3) is 0.417. The molecule has 2 heterocycles. The summed E-state index contributed by atoms with van der Waals surface area (Å²) in [6.07, 6.45) is 10.3. The minimum absolute atomic E-state index is 0.0374. The maximum Gasteiger partial charge on any atom is 0.260 e. The van der Waals surface area contributed by atoms with Crippen LogP contribution in [0.2, 0.25) is 0 Å². The molecule has 0 bridgehead atoms. The van der Waals surface area contributed by atoms with Crippen LogP contribution in [0.15, 0.2) is 23.0 Å². The summed E-state index contributed by atoms with van der Waals surface area (Å²) in [7, 11) is 0. The Hall–Kier alpha value is -2.60. The van der Waals surface area contributed by atoms with E-state index in [0.29, 0.717) is 19.0 Å². The van der Waals surface area contributed by atoms with Gasteiger partial charge in [-0.3, -0.25) is 4.79 Å². The molecule has 1 aliphatic rings. The Morgan fingerprint density at radius 2 is 2.00 bits per heavy atom. The van der Waals surface area contributed by atoms with Crippen molar-refractivity contribution in [1.29, 1.82) is 0 Å². The quantitative estimate of drug-likeness (QED) is 0.501. The first-order valence-corrected chi connectivity index (χ1v) is 11.6. The Bertz CT molecular complexity index is 1110. The van der Waals surface area contributed by atoms with Crippen molar-refractivity contribution in [3.8, 4) is 11.5 Å². The first-order valence-electron chi connectivity index (χ1n) is 10.8. The van der Waals surface area contributed by atoms with E-state index in [9.17, 15) is 4.79 Å². The maximum absolute atomic E-state index is 12.8. The number of para-hydroxylation sites is 1. The first-order chi connectivity index (χ1) is 14.7. The Balaban J connectivity index is 1.69. The van der Waals surface area contributed by atoms with Crippen LogP contribution in [0, 0.1) is 0 Å². The van der Waals surface area contributed by atoms with E-state index >= 15 is 0 Å². The Labute approximate surface area is 180 Å². The molecule has 0 amide bonds. The van der Waals surface area contributed by atoms with Gasteiger partial charge in [0.05, 0.1) is 18.6 Å². The molecule has 1 aliphatic carbocycles. The number of aromatic amines is 1. The van der Waals surface area contributed by atoms with Crippen LogP contribution in [0.25, 0.3) is 22.4 Å². The summed E-state index contributed by atoms with van der Waals surface area (Å²) in [5.74, 6) is 2.02. The van der Waals surface area contributed by atoms with Gasteiger partial charge in [0.2, 0.25) is 0 Å². The van der Waals surface area contributed by atoms with Crippen molar-refractivity contribution >= 4 is 33.7 Å². The van der Waals surface area contributed by atoms with E-state index in [1.807, 2.05) is 37.3 Å². The van der Waals surface area contributed by atoms with E-state index in [-0.39, 0.29) is 5.56 Å². The largest absolute Gasteiger partial charge is 0.490 e. The predicted octanol–water partition coefficient (Wildman–Crippen LogP) is 5.61. The zero-order chi connectivity index (χ0) is 20.9. The molecule has 4 rings (SSSR count). The fourth-order valence-corrected chi connectivity index (χ4v) is 5.17. The fourth-order valence-electron chi connectivity index (χ4n) is 3.90. The molecule has 0 spiro atoms. The molecule has 2 aromatic heterocycles. The third kappa shape index (κ3) is 4.29. The van der Waals surface area contributed by atoms with Gasteiger partial charge in [0.25, 0.3) is 5.56 Å². The number of aromatic nitrogens is 2. The van der Waals surface area contributed by atoms with Gasteiger partial charge in [-0.2, -0.15) is 0 Å². The van der Waals surface area contributed by atoms with Gasteiger partial charge in [0.15, 0.2) is 11.5 Å². The van der Waals surface area contributed by atoms with Gasteiger partial charge in [-0.25, -0.2) is 4.98 Å². The molecule has 1 N–H and O–H groups in total. The lowest BCUT2D eigenvalue weighted by Gasteiger charge is -2.13. The van der Waals surface area contributed by atoms with Crippen molar-refractivity contribution in [3.63, 3.8) is 0 Å². The maximum atomic E-state index is 12.8. The van der Waals surface area contributed by atoms with Crippen LogP contribution in [0.3, 0.4) is 0 Å². The molecular weight excluding hydrogens is 396 g/mol. The van der Waals surface area contributed by atoms with E-state index in [0.717, 1.165) is 53.0 Å². The lowest BCUT2D eigenvalue weighted by atomic mass is 10.1. The molecule has 1 aromatic carbocycles. The minimum Gasteiger partial charge on any atom is -0.490 e. The van der Waals surface area contributed by atoms with Crippen LogP contribution in [0.1, 0.15) is 61.4 Å². The van der Waals surface area contributed by atoms with Crippen LogP contribution in [0.4, 0.5) is 0 Å². The summed E-state index contributed by atoms with van der Waals surface area (Å²) in [5.41, 5.74) is 2.08. The van der Waals surface area contributed by atoms with Crippen molar-refractivity contribution in [2.75, 3.05) is 13.2 Å². The zero-order valence-corrected chi connectivity index (χ0v) is 18.4. The normalized spacial score (nSPS) is 14.1. The minimum atomic E-state index is -0.0374. The number of ether oxygens (including phenoxy) is 2. The van der Waals surface area contributed by atoms with Crippen molar-refractivity contribution in [3.05, 3.63) is 50.4 Å². The standard InChI is InChI=1S/C24H28N2O3S/c1-3-15-29-22-16(9-8-11-18(22)28-4-2)13-14-20-25-23(27)21-17-10-6-5-7-12-19(17)30-24(21)26-20/h8-9,11,13-14H,3-7,10,12,15H2,1-2H3,(H,25,26,27)/b14-13+. The highest BCUT2D eigenvalue weighted by Crippen LogP contribution is 2.34. The summed E-state index contributed by atoms with van der Waals surface area (Å²) < 4.78 is 11.7. The van der Waals surface area contributed by atoms with Gasteiger partial charge in [-0.15, -0.1) is 11.3 Å². The SMILES string of the molecule is CCCOc1c(/C=C/c2nc3sc4c(c3c(=O)[nH]2)CCCCC4)cccc1OCC. The number of nitrogens with one attached hydrogen (secondary N) is 1. The second-order valence-electron chi connectivity index (χ2n) is 7.49. The molecular formula is C24H28N2O3S. The molecule has 0 saturated heterocycles. The molecule has 0 saturated carbocycles. The lowest BCUT2D eigenvalue weighted by Crippen LogP contribution is -2.10. The van der Waals surface area contributed by atoms with Crippen molar-refractivity contribution in [2.45, 2.75) is 52.4 Å². The number of fused-ring (bicyclic) bond motifs is 3. The summed E-state index contributed by atoms with van der Waals surface area (Å²) in [6.45, 7) is 5.22. The van der Waals surface area contributed by atoms with Crippen LogP contribution in [-0.4, -0.2) is 23.2 Å². The van der Waals surface area contributed by atoms with Gasteiger partial charge in [-0.05, 0) is 62.8 Å². The van der Waals surface area contributed by atoms with Gasteiger partial charge >= 0.3 is 0 Å². The summed E-state index contributed by atoms with van der Waals surface area (Å²) in [5, 5.41) is 0.791. The number of rotatable bonds is 7. The zero-order valence-electron chi connectivity index (χ0n) is 17.6. The summed E-state index contributed by atoms with van der Waals surface area (Å²) in [4.78, 5) is 22.7. The number of benzene rings is 1. The molecule has 5 nitrogen and oxygen atoms in total. The van der Waals surface area contributed by atoms with Gasteiger partial charge in [0, 0.05) is 10.4 Å². The summed E-state index contributed by atoms with van der Waals surface area (Å²) >= 11 is 1.68. The Kier molecular flexibility index (Phi) is 6.53. The molecule has 0 aliphatic heterocycles. The number of thiophene rings is 1. The van der Waals surface area contributed by atoms with Crippen molar-refractivity contribution < 1.29 is 9.47 Å². The number of hydrogen-bond donors (Lipinski definition) is 1. The average molecular weight is 425 g/mol. The van der Waals surface area contributed by atoms with Crippen LogP contribution in [0.5, 0.6) is 11.5 Å². The first kappa shape index (κ1) is 20.7. The monoisotopic (exact) mass is 424 g/mol. The Morgan fingerprint density at radius 3 is 2.83 bits per heavy atom. The number of hydrogen-bond acceptors (Lipinski definition) is 5. The highest BCUT2D eigenvalue weighted by molar-refractivity contribution is 7.18. The smallest absolute Gasteiger partial charge is 0.260 e. The molecule has 3 aromatic rings. The average Bonchev–Trinajstić information content (AvgIpc) is 2.93. The van der Waals surface area contributed by atoms with Crippen LogP contribution < -0.4 is 15.0 Å².